The molecule has 1 atom stereocenters. The van der Waals surface area contributed by atoms with E-state index in [0.717, 1.165) is 31.6 Å². The summed E-state index contributed by atoms with van der Waals surface area (Å²) in [6, 6.07) is 6.85. The first-order valence-corrected chi connectivity index (χ1v) is 6.71. The highest BCUT2D eigenvalue weighted by molar-refractivity contribution is 5.37. The van der Waals surface area contributed by atoms with Crippen LogP contribution in [0.3, 0.4) is 0 Å². The number of benzene rings is 1. The van der Waals surface area contributed by atoms with Gasteiger partial charge >= 0.3 is 0 Å². The van der Waals surface area contributed by atoms with Crippen LogP contribution in [0, 0.1) is 6.92 Å². The highest BCUT2D eigenvalue weighted by Gasteiger charge is 2.11. The number of nitrogens with one attached hydrogen (secondary N) is 1. The lowest BCUT2D eigenvalue weighted by Gasteiger charge is -2.19. The third-order valence-corrected chi connectivity index (χ3v) is 3.13. The normalized spacial score (nSPS) is 12.2. The molecule has 0 heterocycles. The molecule has 0 aromatic heterocycles. The van der Waals surface area contributed by atoms with Gasteiger partial charge in [-0.25, -0.2) is 0 Å². The molecule has 0 bridgehead atoms. The van der Waals surface area contributed by atoms with Gasteiger partial charge in [0.15, 0.2) is 0 Å². The molecule has 0 amide bonds. The van der Waals surface area contributed by atoms with E-state index in [4.69, 9.17) is 4.74 Å². The second-order valence-corrected chi connectivity index (χ2v) is 4.60. The lowest BCUT2D eigenvalue weighted by atomic mass is 10.00. The van der Waals surface area contributed by atoms with Crippen molar-refractivity contribution in [2.75, 3.05) is 13.7 Å². The van der Waals surface area contributed by atoms with Gasteiger partial charge in [-0.2, -0.15) is 0 Å². The maximum Gasteiger partial charge on any atom is 0.122 e. The second-order valence-electron chi connectivity index (χ2n) is 4.60. The summed E-state index contributed by atoms with van der Waals surface area (Å²) in [6.07, 6.45) is 5.23. The van der Waals surface area contributed by atoms with Crippen molar-refractivity contribution in [1.82, 2.24) is 5.32 Å². The summed E-state index contributed by atoms with van der Waals surface area (Å²) in [4.78, 5) is 0. The summed E-state index contributed by atoms with van der Waals surface area (Å²) < 4.78 is 5.40. The topological polar surface area (TPSA) is 21.3 Å². The van der Waals surface area contributed by atoms with Crippen LogP contribution >= 0.6 is 0 Å². The average Bonchev–Trinajstić information content (AvgIpc) is 2.40. The molecule has 0 aliphatic carbocycles. The molecular formula is C16H25NO. The summed E-state index contributed by atoms with van der Waals surface area (Å²) in [7, 11) is 1.73. The Labute approximate surface area is 111 Å². The monoisotopic (exact) mass is 247 g/mol. The maximum absolute atomic E-state index is 5.40. The fourth-order valence-corrected chi connectivity index (χ4v) is 2.04. The fraction of sp³-hybridized carbons (Fsp3) is 0.500. The molecule has 18 heavy (non-hydrogen) atoms. The second kappa shape index (κ2) is 7.93. The molecule has 0 spiro atoms. The van der Waals surface area contributed by atoms with Gasteiger partial charge in [-0.15, -0.1) is 6.58 Å². The maximum atomic E-state index is 5.40. The van der Waals surface area contributed by atoms with Crippen molar-refractivity contribution in [1.29, 1.82) is 0 Å². The minimum absolute atomic E-state index is 0.387. The molecule has 1 aromatic carbocycles. The van der Waals surface area contributed by atoms with Crippen LogP contribution in [0.15, 0.2) is 30.9 Å². The third-order valence-electron chi connectivity index (χ3n) is 3.13. The van der Waals surface area contributed by atoms with Crippen LogP contribution in [-0.4, -0.2) is 13.7 Å². The predicted molar refractivity (Wildman–Crippen MR) is 78.2 cm³/mol. The smallest absolute Gasteiger partial charge is 0.122 e. The summed E-state index contributed by atoms with van der Waals surface area (Å²) in [5.41, 5.74) is 2.48. The van der Waals surface area contributed by atoms with Crippen LogP contribution in [0.2, 0.25) is 0 Å². The SMILES string of the molecule is C=CCCC(NCCC)c1ccc(C)c(OC)c1. The number of ether oxygens (including phenoxy) is 1. The number of aryl methyl sites for hydroxylation is 1. The fourth-order valence-electron chi connectivity index (χ4n) is 2.04. The molecule has 2 nitrogen and oxygen atoms in total. The van der Waals surface area contributed by atoms with Gasteiger partial charge in [-0.05, 0) is 49.9 Å². The molecule has 1 N–H and O–H groups in total. The molecule has 0 aliphatic heterocycles. The molecule has 0 saturated heterocycles. The summed E-state index contributed by atoms with van der Waals surface area (Å²) in [5, 5.41) is 3.59. The van der Waals surface area contributed by atoms with Gasteiger partial charge in [0.1, 0.15) is 5.75 Å². The van der Waals surface area contributed by atoms with E-state index in [1.807, 2.05) is 6.08 Å². The number of allylic oxidation sites excluding steroid dienone is 1. The predicted octanol–water partition coefficient (Wildman–Crippen LogP) is 4.01. The van der Waals surface area contributed by atoms with E-state index in [2.05, 4.69) is 43.9 Å². The number of methoxy groups -OCH3 is 1. The van der Waals surface area contributed by atoms with Crippen molar-refractivity contribution in [3.8, 4) is 5.75 Å². The quantitative estimate of drug-likeness (QED) is 0.701. The molecule has 0 radical (unpaired) electrons. The Morgan fingerprint density at radius 2 is 2.22 bits per heavy atom. The van der Waals surface area contributed by atoms with E-state index in [-0.39, 0.29) is 0 Å². The van der Waals surface area contributed by atoms with Crippen molar-refractivity contribution in [2.45, 2.75) is 39.2 Å². The Balaban J connectivity index is 2.85. The molecule has 1 rings (SSSR count). The lowest BCUT2D eigenvalue weighted by Crippen LogP contribution is -2.22. The first kappa shape index (κ1) is 14.8. The molecule has 0 fully saturated rings. The van der Waals surface area contributed by atoms with Crippen molar-refractivity contribution in [2.24, 2.45) is 0 Å². The minimum Gasteiger partial charge on any atom is -0.496 e. The zero-order valence-electron chi connectivity index (χ0n) is 11.8. The molecule has 100 valence electrons. The van der Waals surface area contributed by atoms with E-state index < -0.39 is 0 Å². The average molecular weight is 247 g/mol. The first-order valence-electron chi connectivity index (χ1n) is 6.71. The van der Waals surface area contributed by atoms with Crippen LogP contribution in [0.5, 0.6) is 5.75 Å². The molecule has 1 aromatic rings. The van der Waals surface area contributed by atoms with E-state index in [1.165, 1.54) is 11.1 Å². The standard InChI is InChI=1S/C16H25NO/c1-5-7-8-15(17-11-6-2)14-10-9-13(3)16(12-14)18-4/h5,9-10,12,15,17H,1,6-8,11H2,2-4H3. The van der Waals surface area contributed by atoms with E-state index >= 15 is 0 Å². The van der Waals surface area contributed by atoms with E-state index in [1.54, 1.807) is 7.11 Å². The number of hydrogen-bond donors (Lipinski definition) is 1. The van der Waals surface area contributed by atoms with Crippen molar-refractivity contribution in [3.63, 3.8) is 0 Å². The van der Waals surface area contributed by atoms with E-state index in [9.17, 15) is 0 Å². The first-order chi connectivity index (χ1) is 8.72. The van der Waals surface area contributed by atoms with Crippen molar-refractivity contribution < 1.29 is 4.74 Å². The zero-order valence-corrected chi connectivity index (χ0v) is 11.8. The lowest BCUT2D eigenvalue weighted by molar-refractivity contribution is 0.409. The molecule has 0 aliphatic rings. The Morgan fingerprint density at radius 1 is 1.44 bits per heavy atom. The van der Waals surface area contributed by atoms with Crippen LogP contribution in [-0.2, 0) is 0 Å². The zero-order chi connectivity index (χ0) is 13.4. The van der Waals surface area contributed by atoms with Gasteiger partial charge < -0.3 is 10.1 Å². The Bertz CT molecular complexity index is 373. The summed E-state index contributed by atoms with van der Waals surface area (Å²) in [5.74, 6) is 0.967. The van der Waals surface area contributed by atoms with Crippen molar-refractivity contribution in [3.05, 3.63) is 42.0 Å². The Hall–Kier alpha value is -1.28. The largest absolute Gasteiger partial charge is 0.496 e. The summed E-state index contributed by atoms with van der Waals surface area (Å²) in [6.45, 7) is 9.10. The minimum atomic E-state index is 0.387. The van der Waals surface area contributed by atoms with Crippen LogP contribution < -0.4 is 10.1 Å². The Morgan fingerprint density at radius 3 is 2.83 bits per heavy atom. The summed E-state index contributed by atoms with van der Waals surface area (Å²) >= 11 is 0. The molecule has 2 heteroatoms. The number of rotatable bonds is 8. The third kappa shape index (κ3) is 4.19. The van der Waals surface area contributed by atoms with Crippen LogP contribution in [0.1, 0.15) is 43.4 Å². The highest BCUT2D eigenvalue weighted by Crippen LogP contribution is 2.25. The van der Waals surface area contributed by atoms with E-state index in [0.29, 0.717) is 6.04 Å². The van der Waals surface area contributed by atoms with Gasteiger partial charge in [0, 0.05) is 6.04 Å². The Kier molecular flexibility index (Phi) is 6.51. The van der Waals surface area contributed by atoms with Crippen LogP contribution in [0.4, 0.5) is 0 Å². The van der Waals surface area contributed by atoms with Crippen LogP contribution in [0.25, 0.3) is 0 Å². The van der Waals surface area contributed by atoms with Gasteiger partial charge in [0.05, 0.1) is 7.11 Å². The van der Waals surface area contributed by atoms with Crippen molar-refractivity contribution >= 4 is 0 Å². The van der Waals surface area contributed by atoms with Gasteiger partial charge in [-0.3, -0.25) is 0 Å². The van der Waals surface area contributed by atoms with Gasteiger partial charge in [-0.1, -0.05) is 25.1 Å². The number of hydrogen-bond acceptors (Lipinski definition) is 2. The van der Waals surface area contributed by atoms with Gasteiger partial charge in [0.25, 0.3) is 0 Å². The molecular weight excluding hydrogens is 222 g/mol. The molecule has 0 saturated carbocycles. The van der Waals surface area contributed by atoms with Gasteiger partial charge in [0.2, 0.25) is 0 Å². The highest BCUT2D eigenvalue weighted by atomic mass is 16.5. The molecule has 1 unspecified atom stereocenters.